The summed E-state index contributed by atoms with van der Waals surface area (Å²) in [5, 5.41) is 0. The van der Waals surface area contributed by atoms with E-state index in [9.17, 15) is 4.79 Å². The van der Waals surface area contributed by atoms with Crippen LogP contribution >= 0.6 is 0 Å². The van der Waals surface area contributed by atoms with Gasteiger partial charge in [0.1, 0.15) is 0 Å². The lowest BCUT2D eigenvalue weighted by Gasteiger charge is -2.05. The third kappa shape index (κ3) is 1.55. The Kier molecular flexibility index (Phi) is 2.02. The van der Waals surface area contributed by atoms with Crippen LogP contribution in [0.15, 0.2) is 24.3 Å². The molecule has 0 spiro atoms. The topological polar surface area (TPSA) is 35.5 Å². The van der Waals surface area contributed by atoms with Crippen LogP contribution in [-0.4, -0.2) is 12.8 Å². The minimum atomic E-state index is -0.528. The molecule has 0 unspecified atom stereocenters. The predicted octanol–water partition coefficient (Wildman–Crippen LogP) is 1.57. The number of aryl methyl sites for hydroxylation is 1. The van der Waals surface area contributed by atoms with Crippen molar-refractivity contribution in [3.63, 3.8) is 0 Å². The molecule has 0 bridgehead atoms. The standard InChI is InChI=1S/C10H10O3/c1-7-3-2-4-8(5-7)9-10(11)13-6-12-9/h2-5,9H,6H2,1H3/t9-/m1/s1. The normalized spacial score (nSPS) is 21.6. The van der Waals surface area contributed by atoms with Crippen LogP contribution < -0.4 is 0 Å². The van der Waals surface area contributed by atoms with Crippen LogP contribution in [0.25, 0.3) is 0 Å². The highest BCUT2D eigenvalue weighted by Gasteiger charge is 2.28. The zero-order chi connectivity index (χ0) is 9.26. The molecule has 1 heterocycles. The van der Waals surface area contributed by atoms with E-state index in [1.54, 1.807) is 0 Å². The van der Waals surface area contributed by atoms with Gasteiger partial charge < -0.3 is 9.47 Å². The Bertz CT molecular complexity index is 333. The largest absolute Gasteiger partial charge is 0.436 e. The molecule has 1 aliphatic heterocycles. The Morgan fingerprint density at radius 2 is 2.31 bits per heavy atom. The number of hydrogen-bond donors (Lipinski definition) is 0. The zero-order valence-corrected chi connectivity index (χ0v) is 7.32. The molecule has 2 rings (SSSR count). The molecular formula is C10H10O3. The zero-order valence-electron chi connectivity index (χ0n) is 7.32. The Morgan fingerprint density at radius 1 is 1.46 bits per heavy atom. The molecule has 68 valence electrons. The van der Waals surface area contributed by atoms with Crippen LogP contribution in [0.1, 0.15) is 17.2 Å². The molecule has 0 radical (unpaired) electrons. The first-order valence-corrected chi connectivity index (χ1v) is 4.12. The average molecular weight is 178 g/mol. The lowest BCUT2D eigenvalue weighted by Crippen LogP contribution is -2.06. The fraction of sp³-hybridized carbons (Fsp3) is 0.300. The summed E-state index contributed by atoms with van der Waals surface area (Å²) in [6, 6.07) is 7.67. The van der Waals surface area contributed by atoms with E-state index in [1.165, 1.54) is 0 Å². The van der Waals surface area contributed by atoms with Gasteiger partial charge in [-0.05, 0) is 12.5 Å². The highest BCUT2D eigenvalue weighted by atomic mass is 16.7. The fourth-order valence-electron chi connectivity index (χ4n) is 1.37. The lowest BCUT2D eigenvalue weighted by molar-refractivity contribution is -0.139. The summed E-state index contributed by atoms with van der Waals surface area (Å²) in [7, 11) is 0. The van der Waals surface area contributed by atoms with Crippen molar-refractivity contribution in [1.82, 2.24) is 0 Å². The van der Waals surface area contributed by atoms with Gasteiger partial charge in [-0.25, -0.2) is 4.79 Å². The third-order valence-electron chi connectivity index (χ3n) is 1.99. The van der Waals surface area contributed by atoms with Crippen molar-refractivity contribution in [1.29, 1.82) is 0 Å². The number of ether oxygens (including phenoxy) is 2. The maximum absolute atomic E-state index is 11.1. The highest BCUT2D eigenvalue weighted by molar-refractivity contribution is 5.77. The summed E-state index contributed by atoms with van der Waals surface area (Å²) >= 11 is 0. The van der Waals surface area contributed by atoms with Crippen LogP contribution in [-0.2, 0) is 14.3 Å². The quantitative estimate of drug-likeness (QED) is 0.612. The Morgan fingerprint density at radius 3 is 2.92 bits per heavy atom. The van der Waals surface area contributed by atoms with Crippen molar-refractivity contribution in [3.8, 4) is 0 Å². The van der Waals surface area contributed by atoms with Crippen LogP contribution in [0.2, 0.25) is 0 Å². The molecule has 0 aromatic heterocycles. The maximum Gasteiger partial charge on any atom is 0.342 e. The van der Waals surface area contributed by atoms with Gasteiger partial charge in [0.25, 0.3) is 0 Å². The Balaban J connectivity index is 2.29. The molecule has 3 heteroatoms. The van der Waals surface area contributed by atoms with Gasteiger partial charge in [-0.2, -0.15) is 0 Å². The first-order chi connectivity index (χ1) is 6.27. The van der Waals surface area contributed by atoms with E-state index in [1.807, 2.05) is 31.2 Å². The number of benzene rings is 1. The van der Waals surface area contributed by atoms with E-state index in [-0.39, 0.29) is 12.8 Å². The van der Waals surface area contributed by atoms with Crippen molar-refractivity contribution in [2.45, 2.75) is 13.0 Å². The van der Waals surface area contributed by atoms with Gasteiger partial charge >= 0.3 is 5.97 Å². The van der Waals surface area contributed by atoms with Crippen molar-refractivity contribution in [2.75, 3.05) is 6.79 Å². The van der Waals surface area contributed by atoms with Crippen molar-refractivity contribution in [2.24, 2.45) is 0 Å². The van der Waals surface area contributed by atoms with Crippen LogP contribution in [0.3, 0.4) is 0 Å². The van der Waals surface area contributed by atoms with Crippen molar-refractivity contribution in [3.05, 3.63) is 35.4 Å². The molecule has 3 nitrogen and oxygen atoms in total. The number of rotatable bonds is 1. The fourth-order valence-corrected chi connectivity index (χ4v) is 1.37. The van der Waals surface area contributed by atoms with E-state index >= 15 is 0 Å². The summed E-state index contributed by atoms with van der Waals surface area (Å²) in [4.78, 5) is 11.1. The Hall–Kier alpha value is -1.35. The number of esters is 1. The second kappa shape index (κ2) is 3.18. The predicted molar refractivity (Wildman–Crippen MR) is 46.0 cm³/mol. The summed E-state index contributed by atoms with van der Waals surface area (Å²) in [5.74, 6) is -0.300. The van der Waals surface area contributed by atoms with E-state index in [0.717, 1.165) is 11.1 Å². The SMILES string of the molecule is Cc1cccc([C@H]2OCOC2=O)c1. The minimum absolute atomic E-state index is 0.0669. The molecule has 13 heavy (non-hydrogen) atoms. The van der Waals surface area contributed by atoms with Gasteiger partial charge in [-0.3, -0.25) is 0 Å². The average Bonchev–Trinajstić information content (AvgIpc) is 2.51. The Labute approximate surface area is 76.3 Å². The second-order valence-corrected chi connectivity index (χ2v) is 3.04. The van der Waals surface area contributed by atoms with Gasteiger partial charge in [-0.1, -0.05) is 29.8 Å². The number of hydrogen-bond acceptors (Lipinski definition) is 3. The number of carbonyl (C=O) groups excluding carboxylic acids is 1. The molecule has 1 aromatic rings. The number of cyclic esters (lactones) is 1. The first kappa shape index (κ1) is 8.26. The monoisotopic (exact) mass is 178 g/mol. The lowest BCUT2D eigenvalue weighted by atomic mass is 10.1. The second-order valence-electron chi connectivity index (χ2n) is 3.04. The van der Waals surface area contributed by atoms with E-state index < -0.39 is 6.10 Å². The van der Waals surface area contributed by atoms with Crippen LogP contribution in [0.4, 0.5) is 0 Å². The first-order valence-electron chi connectivity index (χ1n) is 4.12. The van der Waals surface area contributed by atoms with Gasteiger partial charge in [0, 0.05) is 0 Å². The summed E-state index contributed by atoms with van der Waals surface area (Å²) in [6.07, 6.45) is -0.528. The van der Waals surface area contributed by atoms with Crippen molar-refractivity contribution >= 4 is 5.97 Å². The molecule has 1 atom stereocenters. The number of carbonyl (C=O) groups is 1. The third-order valence-corrected chi connectivity index (χ3v) is 1.99. The molecule has 1 aromatic carbocycles. The van der Waals surface area contributed by atoms with Gasteiger partial charge in [-0.15, -0.1) is 0 Å². The van der Waals surface area contributed by atoms with Gasteiger partial charge in [0.05, 0.1) is 0 Å². The maximum atomic E-state index is 11.1. The smallest absolute Gasteiger partial charge is 0.342 e. The highest BCUT2D eigenvalue weighted by Crippen LogP contribution is 2.24. The van der Waals surface area contributed by atoms with Gasteiger partial charge in [0.15, 0.2) is 12.9 Å². The summed E-state index contributed by atoms with van der Waals surface area (Å²) in [6.45, 7) is 2.04. The summed E-state index contributed by atoms with van der Waals surface area (Å²) < 4.78 is 9.83. The van der Waals surface area contributed by atoms with Crippen LogP contribution in [0, 0.1) is 6.92 Å². The molecule has 1 aliphatic rings. The van der Waals surface area contributed by atoms with E-state index in [0.29, 0.717) is 0 Å². The molecular weight excluding hydrogens is 168 g/mol. The van der Waals surface area contributed by atoms with Gasteiger partial charge in [0.2, 0.25) is 0 Å². The van der Waals surface area contributed by atoms with Crippen molar-refractivity contribution < 1.29 is 14.3 Å². The molecule has 0 saturated carbocycles. The molecule has 0 amide bonds. The molecule has 1 fully saturated rings. The van der Waals surface area contributed by atoms with E-state index in [4.69, 9.17) is 9.47 Å². The molecule has 1 saturated heterocycles. The molecule has 0 N–H and O–H groups in total. The summed E-state index contributed by atoms with van der Waals surface area (Å²) in [5.41, 5.74) is 1.98. The molecule has 0 aliphatic carbocycles. The van der Waals surface area contributed by atoms with E-state index in [2.05, 4.69) is 0 Å². The van der Waals surface area contributed by atoms with Crippen LogP contribution in [0.5, 0.6) is 0 Å². The minimum Gasteiger partial charge on any atom is -0.436 e.